The second-order valence-corrected chi connectivity index (χ2v) is 7.59. The fraction of sp³-hybridized carbons (Fsp3) is 0.333. The summed E-state index contributed by atoms with van der Waals surface area (Å²) in [5, 5.41) is 2.52. The number of ketones is 1. The van der Waals surface area contributed by atoms with Crippen molar-refractivity contribution in [1.29, 1.82) is 0 Å². The number of carbonyl (C=O) groups is 4. The number of benzene rings is 2. The molecule has 0 radical (unpaired) electrons. The monoisotopic (exact) mass is 425 g/mol. The van der Waals surface area contributed by atoms with Gasteiger partial charge in [0, 0.05) is 11.1 Å². The fourth-order valence-corrected chi connectivity index (χ4v) is 2.99. The molecule has 1 amide bonds. The Morgan fingerprint density at radius 3 is 2.13 bits per heavy atom. The molecule has 1 atom stereocenters. The summed E-state index contributed by atoms with van der Waals surface area (Å²) in [6.45, 7) is 5.14. The van der Waals surface area contributed by atoms with E-state index in [0.717, 1.165) is 5.56 Å². The van der Waals surface area contributed by atoms with Crippen LogP contribution in [-0.2, 0) is 19.1 Å². The van der Waals surface area contributed by atoms with Crippen LogP contribution < -0.4 is 5.32 Å². The zero-order valence-electron chi connectivity index (χ0n) is 18.1. The molecule has 0 spiro atoms. The van der Waals surface area contributed by atoms with Crippen molar-refractivity contribution in [2.45, 2.75) is 33.2 Å². The van der Waals surface area contributed by atoms with Gasteiger partial charge in [-0.25, -0.2) is 9.59 Å². The van der Waals surface area contributed by atoms with Crippen molar-refractivity contribution in [2.75, 3.05) is 13.7 Å². The highest BCUT2D eigenvalue weighted by molar-refractivity contribution is 6.14. The van der Waals surface area contributed by atoms with E-state index in [1.807, 2.05) is 32.9 Å². The molecule has 31 heavy (non-hydrogen) atoms. The van der Waals surface area contributed by atoms with Crippen LogP contribution in [0.2, 0.25) is 0 Å². The summed E-state index contributed by atoms with van der Waals surface area (Å²) in [5.41, 5.74) is 1.70. The van der Waals surface area contributed by atoms with Crippen molar-refractivity contribution < 1.29 is 28.7 Å². The van der Waals surface area contributed by atoms with Crippen LogP contribution in [0.4, 0.5) is 0 Å². The van der Waals surface area contributed by atoms with Gasteiger partial charge in [0.05, 0.1) is 12.7 Å². The van der Waals surface area contributed by atoms with Gasteiger partial charge in [-0.15, -0.1) is 0 Å². The Morgan fingerprint density at radius 1 is 0.935 bits per heavy atom. The van der Waals surface area contributed by atoms with Crippen LogP contribution in [0, 0.1) is 12.8 Å². The molecule has 7 heteroatoms. The van der Waals surface area contributed by atoms with Crippen molar-refractivity contribution in [1.82, 2.24) is 5.32 Å². The first-order chi connectivity index (χ1) is 14.7. The maximum Gasteiger partial charge on any atom is 0.339 e. The molecule has 164 valence electrons. The Morgan fingerprint density at radius 2 is 1.55 bits per heavy atom. The smallest absolute Gasteiger partial charge is 0.339 e. The molecule has 0 bridgehead atoms. The lowest BCUT2D eigenvalue weighted by molar-refractivity contribution is -0.145. The van der Waals surface area contributed by atoms with Crippen LogP contribution in [0.1, 0.15) is 52.1 Å². The van der Waals surface area contributed by atoms with Gasteiger partial charge in [0.1, 0.15) is 6.04 Å². The van der Waals surface area contributed by atoms with Crippen LogP contribution in [0.5, 0.6) is 0 Å². The minimum Gasteiger partial charge on any atom is -0.467 e. The molecule has 1 N–H and O–H groups in total. The van der Waals surface area contributed by atoms with Gasteiger partial charge in [-0.3, -0.25) is 9.59 Å². The molecule has 0 saturated carbocycles. The molecule has 7 nitrogen and oxygen atoms in total. The van der Waals surface area contributed by atoms with Crippen LogP contribution in [-0.4, -0.2) is 43.4 Å². The van der Waals surface area contributed by atoms with E-state index in [1.54, 1.807) is 24.3 Å². The number of hydrogen-bond acceptors (Lipinski definition) is 6. The second kappa shape index (κ2) is 11.1. The number of methoxy groups -OCH3 is 1. The number of aryl methyl sites for hydroxylation is 1. The molecule has 0 aromatic heterocycles. The first kappa shape index (κ1) is 23.8. The molecule has 0 aliphatic heterocycles. The van der Waals surface area contributed by atoms with Gasteiger partial charge >= 0.3 is 11.9 Å². The van der Waals surface area contributed by atoms with Gasteiger partial charge in [-0.1, -0.05) is 61.9 Å². The third kappa shape index (κ3) is 6.77. The van der Waals surface area contributed by atoms with Gasteiger partial charge in [-0.05, 0) is 25.3 Å². The predicted molar refractivity (Wildman–Crippen MR) is 115 cm³/mol. The van der Waals surface area contributed by atoms with E-state index >= 15 is 0 Å². The maximum absolute atomic E-state index is 12.8. The fourth-order valence-electron chi connectivity index (χ4n) is 2.99. The van der Waals surface area contributed by atoms with Gasteiger partial charge in [0.2, 0.25) is 0 Å². The Hall–Kier alpha value is -3.48. The van der Waals surface area contributed by atoms with Crippen molar-refractivity contribution >= 4 is 23.6 Å². The third-order valence-corrected chi connectivity index (χ3v) is 4.57. The number of rotatable bonds is 9. The summed E-state index contributed by atoms with van der Waals surface area (Å²) in [4.78, 5) is 49.4. The molecule has 2 rings (SSSR count). The number of ether oxygens (including phenoxy) is 2. The summed E-state index contributed by atoms with van der Waals surface area (Å²) < 4.78 is 9.80. The topological polar surface area (TPSA) is 98.8 Å². The van der Waals surface area contributed by atoms with Crippen LogP contribution >= 0.6 is 0 Å². The van der Waals surface area contributed by atoms with E-state index in [1.165, 1.54) is 19.2 Å². The Labute approximate surface area is 181 Å². The molecule has 0 heterocycles. The lowest BCUT2D eigenvalue weighted by atomic mass is 9.98. The molecule has 1 unspecified atom stereocenters. The van der Waals surface area contributed by atoms with Crippen molar-refractivity contribution in [3.05, 3.63) is 70.8 Å². The van der Waals surface area contributed by atoms with Crippen molar-refractivity contribution in [2.24, 2.45) is 5.92 Å². The van der Waals surface area contributed by atoms with E-state index in [2.05, 4.69) is 5.32 Å². The molecule has 0 aliphatic rings. The number of amides is 1. The van der Waals surface area contributed by atoms with Gasteiger partial charge in [0.25, 0.3) is 5.91 Å². The normalized spacial score (nSPS) is 11.5. The summed E-state index contributed by atoms with van der Waals surface area (Å²) in [6, 6.07) is 12.4. The maximum atomic E-state index is 12.8. The average Bonchev–Trinajstić information content (AvgIpc) is 2.76. The summed E-state index contributed by atoms with van der Waals surface area (Å²) in [5.74, 6) is -2.18. The highest BCUT2D eigenvalue weighted by Gasteiger charge is 2.24. The first-order valence-electron chi connectivity index (χ1n) is 9.97. The SMILES string of the molecule is COC(=O)C(CC(C)C)NC(=O)COC(=O)c1ccccc1C(=O)c1ccc(C)cc1. The highest BCUT2D eigenvalue weighted by atomic mass is 16.5. The van der Waals surface area contributed by atoms with E-state index in [4.69, 9.17) is 9.47 Å². The largest absolute Gasteiger partial charge is 0.467 e. The zero-order valence-corrected chi connectivity index (χ0v) is 18.1. The first-order valence-corrected chi connectivity index (χ1v) is 9.97. The summed E-state index contributed by atoms with van der Waals surface area (Å²) in [6.07, 6.45) is 0.389. The number of esters is 2. The lowest BCUT2D eigenvalue weighted by Crippen LogP contribution is -2.44. The minimum absolute atomic E-state index is 0.0626. The zero-order chi connectivity index (χ0) is 23.0. The van der Waals surface area contributed by atoms with Crippen molar-refractivity contribution in [3.8, 4) is 0 Å². The highest BCUT2D eigenvalue weighted by Crippen LogP contribution is 2.16. The van der Waals surface area contributed by atoms with Gasteiger partial charge < -0.3 is 14.8 Å². The lowest BCUT2D eigenvalue weighted by Gasteiger charge is -2.18. The van der Waals surface area contributed by atoms with E-state index in [0.29, 0.717) is 12.0 Å². The molecule has 2 aromatic carbocycles. The molecule has 0 aliphatic carbocycles. The van der Waals surface area contributed by atoms with E-state index < -0.39 is 30.5 Å². The summed E-state index contributed by atoms with van der Waals surface area (Å²) in [7, 11) is 1.24. The number of hydrogen-bond donors (Lipinski definition) is 1. The summed E-state index contributed by atoms with van der Waals surface area (Å²) >= 11 is 0. The Bertz CT molecular complexity index is 949. The van der Waals surface area contributed by atoms with E-state index in [9.17, 15) is 19.2 Å². The standard InChI is InChI=1S/C24H27NO6/c1-15(2)13-20(24(29)30-4)25-21(26)14-31-23(28)19-8-6-5-7-18(19)22(27)17-11-9-16(3)10-12-17/h5-12,15,20H,13-14H2,1-4H3,(H,25,26). The second-order valence-electron chi connectivity index (χ2n) is 7.59. The predicted octanol–water partition coefficient (Wildman–Crippen LogP) is 3.09. The van der Waals surface area contributed by atoms with E-state index in [-0.39, 0.29) is 22.8 Å². The molecular formula is C24H27NO6. The van der Waals surface area contributed by atoms with Crippen LogP contribution in [0.15, 0.2) is 48.5 Å². The van der Waals surface area contributed by atoms with Gasteiger partial charge in [-0.2, -0.15) is 0 Å². The Kier molecular flexibility index (Phi) is 8.49. The Balaban J connectivity index is 2.07. The third-order valence-electron chi connectivity index (χ3n) is 4.57. The van der Waals surface area contributed by atoms with Crippen LogP contribution in [0.3, 0.4) is 0 Å². The van der Waals surface area contributed by atoms with Crippen LogP contribution in [0.25, 0.3) is 0 Å². The average molecular weight is 425 g/mol. The number of carbonyl (C=O) groups excluding carboxylic acids is 4. The molecule has 2 aromatic rings. The van der Waals surface area contributed by atoms with Gasteiger partial charge in [0.15, 0.2) is 12.4 Å². The van der Waals surface area contributed by atoms with Crippen molar-refractivity contribution in [3.63, 3.8) is 0 Å². The minimum atomic E-state index is -0.827. The quantitative estimate of drug-likeness (QED) is 0.490. The molecule has 0 saturated heterocycles. The molecular weight excluding hydrogens is 398 g/mol. The number of nitrogens with one attached hydrogen (secondary N) is 1. The molecule has 0 fully saturated rings.